The first kappa shape index (κ1) is 27.6. The van der Waals surface area contributed by atoms with Gasteiger partial charge in [-0.2, -0.15) is 0 Å². The molecule has 0 radical (unpaired) electrons. The molecule has 0 aliphatic carbocycles. The smallest absolute Gasteiger partial charge is 0.335 e. The number of nitrogens with zero attached hydrogens (tertiary/aromatic N) is 2. The number of aromatic carboxylic acids is 1. The third-order valence-corrected chi connectivity index (χ3v) is 9.26. The molecule has 3 aromatic rings. The van der Waals surface area contributed by atoms with Crippen LogP contribution in [0.3, 0.4) is 0 Å². The van der Waals surface area contributed by atoms with Gasteiger partial charge in [0.25, 0.3) is 0 Å². The summed E-state index contributed by atoms with van der Waals surface area (Å²) in [5, 5.41) is 13.9. The molecule has 3 aliphatic rings. The lowest BCUT2D eigenvalue weighted by Gasteiger charge is -2.42. The molecule has 4 atom stereocenters. The van der Waals surface area contributed by atoms with Crippen LogP contribution in [0, 0.1) is 12.3 Å². The number of carbonyl (C=O) groups is 2. The summed E-state index contributed by atoms with van der Waals surface area (Å²) in [7, 11) is 1.51. The van der Waals surface area contributed by atoms with Gasteiger partial charge >= 0.3 is 5.97 Å². The van der Waals surface area contributed by atoms with Gasteiger partial charge in [0, 0.05) is 34.6 Å². The largest absolute Gasteiger partial charge is 0.495 e. The molecule has 3 heterocycles. The average Bonchev–Trinajstić information content (AvgIpc) is 3.53. The van der Waals surface area contributed by atoms with Gasteiger partial charge in [0.15, 0.2) is 0 Å². The highest BCUT2D eigenvalue weighted by molar-refractivity contribution is 6.30. The van der Waals surface area contributed by atoms with E-state index in [9.17, 15) is 14.7 Å². The van der Waals surface area contributed by atoms with Gasteiger partial charge in [-0.25, -0.2) is 4.79 Å². The molecule has 2 N–H and O–H groups in total. The zero-order valence-corrected chi connectivity index (χ0v) is 24.8. The van der Waals surface area contributed by atoms with E-state index in [0.29, 0.717) is 29.7 Å². The van der Waals surface area contributed by atoms with Crippen molar-refractivity contribution in [2.75, 3.05) is 30.5 Å². The van der Waals surface area contributed by atoms with Crippen LogP contribution in [0.25, 0.3) is 0 Å². The molecule has 41 heavy (non-hydrogen) atoms. The molecule has 0 aromatic heterocycles. The minimum absolute atomic E-state index is 0.00363. The van der Waals surface area contributed by atoms with Crippen molar-refractivity contribution >= 4 is 34.9 Å². The quantitative estimate of drug-likeness (QED) is 0.373. The van der Waals surface area contributed by atoms with Crippen LogP contribution in [0.4, 0.5) is 11.4 Å². The average molecular weight is 574 g/mol. The van der Waals surface area contributed by atoms with E-state index in [1.165, 1.54) is 24.8 Å². The number of benzene rings is 3. The van der Waals surface area contributed by atoms with Crippen molar-refractivity contribution in [2.24, 2.45) is 5.41 Å². The Labute approximate surface area is 246 Å². The van der Waals surface area contributed by atoms with Crippen LogP contribution < -0.4 is 15.0 Å². The second kappa shape index (κ2) is 9.78. The van der Waals surface area contributed by atoms with Crippen LogP contribution >= 0.6 is 11.6 Å². The van der Waals surface area contributed by atoms with Crippen molar-refractivity contribution in [2.45, 2.75) is 57.5 Å². The third kappa shape index (κ3) is 4.37. The molecule has 0 unspecified atom stereocenters. The van der Waals surface area contributed by atoms with E-state index in [1.807, 2.05) is 12.1 Å². The van der Waals surface area contributed by atoms with E-state index in [-0.39, 0.29) is 34.3 Å². The van der Waals surface area contributed by atoms with Crippen molar-refractivity contribution in [3.63, 3.8) is 0 Å². The van der Waals surface area contributed by atoms with Crippen molar-refractivity contribution in [3.05, 3.63) is 87.9 Å². The first-order valence-corrected chi connectivity index (χ1v) is 14.4. The SMILES string of the molecule is COc1cc(C(=O)O)ccc1N1CN2[C@@H](CC(C)(C)C)[C@@]3(CNc4cc(Cl)ccc43)[C@@H](c3cccc(C)c3)[C@@H]2C1=O. The van der Waals surface area contributed by atoms with Crippen LogP contribution in [0.5, 0.6) is 5.75 Å². The van der Waals surface area contributed by atoms with Crippen LogP contribution in [0.2, 0.25) is 5.02 Å². The molecule has 2 fully saturated rings. The van der Waals surface area contributed by atoms with Crippen LogP contribution in [0.15, 0.2) is 60.7 Å². The van der Waals surface area contributed by atoms with Crippen molar-refractivity contribution in [1.82, 2.24) is 4.90 Å². The summed E-state index contributed by atoms with van der Waals surface area (Å²) >= 11 is 6.44. The molecule has 1 amide bonds. The maximum absolute atomic E-state index is 14.6. The number of fused-ring (bicyclic) bond motifs is 3. The van der Waals surface area contributed by atoms with Gasteiger partial charge in [0.2, 0.25) is 5.91 Å². The molecule has 214 valence electrons. The summed E-state index contributed by atoms with van der Waals surface area (Å²) in [6.45, 7) is 9.95. The molecule has 7 nitrogen and oxygen atoms in total. The molecular formula is C33H36ClN3O4. The van der Waals surface area contributed by atoms with E-state index in [4.69, 9.17) is 16.3 Å². The molecule has 3 aromatic carbocycles. The molecule has 8 heteroatoms. The highest BCUT2D eigenvalue weighted by atomic mass is 35.5. The van der Waals surface area contributed by atoms with Crippen molar-refractivity contribution < 1.29 is 19.4 Å². The zero-order valence-electron chi connectivity index (χ0n) is 24.1. The maximum atomic E-state index is 14.6. The number of hydrogen-bond donors (Lipinski definition) is 2. The number of methoxy groups -OCH3 is 1. The Hall–Kier alpha value is -3.55. The number of aryl methyl sites for hydroxylation is 1. The Balaban J connectivity index is 1.54. The molecule has 2 saturated heterocycles. The highest BCUT2D eigenvalue weighted by Gasteiger charge is 2.67. The van der Waals surface area contributed by atoms with E-state index in [1.54, 1.807) is 11.0 Å². The Morgan fingerprint density at radius 3 is 2.61 bits per heavy atom. The van der Waals surface area contributed by atoms with Crippen LogP contribution in [-0.2, 0) is 10.2 Å². The van der Waals surface area contributed by atoms with Crippen molar-refractivity contribution in [1.29, 1.82) is 0 Å². The Morgan fingerprint density at radius 1 is 1.15 bits per heavy atom. The summed E-state index contributed by atoms with van der Waals surface area (Å²) < 4.78 is 5.61. The fraction of sp³-hybridized carbons (Fsp3) is 0.394. The number of ether oxygens (including phenoxy) is 1. The van der Waals surface area contributed by atoms with Gasteiger partial charge in [-0.3, -0.25) is 14.6 Å². The first-order valence-electron chi connectivity index (χ1n) is 14.0. The molecule has 0 bridgehead atoms. The number of rotatable bonds is 5. The topological polar surface area (TPSA) is 82.1 Å². The number of nitrogens with one attached hydrogen (secondary N) is 1. The van der Waals surface area contributed by atoms with Gasteiger partial charge in [-0.15, -0.1) is 0 Å². The van der Waals surface area contributed by atoms with E-state index >= 15 is 0 Å². The minimum Gasteiger partial charge on any atom is -0.495 e. The van der Waals surface area contributed by atoms with Crippen LogP contribution in [-0.4, -0.2) is 54.3 Å². The molecule has 1 spiro atoms. The standard InChI is InChI=1S/C33H36ClN3O4/c1-19-7-6-8-20(13-19)28-29-30(38)36(25-12-9-21(31(39)40)14-26(25)41-5)18-37(29)27(16-32(2,3)4)33(28)17-35-24-15-22(34)10-11-23(24)33/h6-15,27-29,35H,16-18H2,1-5H3,(H,39,40)/t27-,28-,29+,33-/m0/s1. The molecule has 3 aliphatic heterocycles. The number of amides is 1. The Morgan fingerprint density at radius 2 is 1.93 bits per heavy atom. The molecular weight excluding hydrogens is 538 g/mol. The second-order valence-electron chi connectivity index (χ2n) is 12.8. The molecule has 6 rings (SSSR count). The second-order valence-corrected chi connectivity index (χ2v) is 13.3. The van der Waals surface area contributed by atoms with Gasteiger partial charge in [-0.05, 0) is 60.2 Å². The lowest BCUT2D eigenvalue weighted by atomic mass is 9.63. The minimum atomic E-state index is -1.04. The van der Waals surface area contributed by atoms with Gasteiger partial charge in [-0.1, -0.05) is 68.3 Å². The van der Waals surface area contributed by atoms with E-state index < -0.39 is 12.0 Å². The summed E-state index contributed by atoms with van der Waals surface area (Å²) in [6.07, 6.45) is 0.881. The maximum Gasteiger partial charge on any atom is 0.335 e. The predicted octanol–water partition coefficient (Wildman–Crippen LogP) is 6.30. The van der Waals surface area contributed by atoms with Crippen LogP contribution in [0.1, 0.15) is 60.2 Å². The fourth-order valence-electron chi connectivity index (χ4n) is 7.47. The summed E-state index contributed by atoms with van der Waals surface area (Å²) in [6, 6.07) is 19.0. The number of hydrogen-bond acceptors (Lipinski definition) is 5. The third-order valence-electron chi connectivity index (χ3n) is 9.03. The fourth-order valence-corrected chi connectivity index (χ4v) is 7.64. The lowest BCUT2D eigenvalue weighted by molar-refractivity contribution is -0.119. The van der Waals surface area contributed by atoms with E-state index in [0.717, 1.165) is 23.2 Å². The van der Waals surface area contributed by atoms with Gasteiger partial charge < -0.3 is 15.2 Å². The molecule has 0 saturated carbocycles. The normalized spacial score (nSPS) is 25.4. The predicted molar refractivity (Wildman–Crippen MR) is 161 cm³/mol. The highest BCUT2D eigenvalue weighted by Crippen LogP contribution is 2.61. The number of anilines is 2. The summed E-state index contributed by atoms with van der Waals surface area (Å²) in [5.74, 6) is -0.791. The zero-order chi connectivity index (χ0) is 29.3. The summed E-state index contributed by atoms with van der Waals surface area (Å²) in [5.41, 5.74) is 4.88. The number of carboxylic acid groups (broad SMARTS) is 1. The first-order chi connectivity index (χ1) is 19.4. The summed E-state index contributed by atoms with van der Waals surface area (Å²) in [4.78, 5) is 30.4. The van der Waals surface area contributed by atoms with Crippen molar-refractivity contribution in [3.8, 4) is 5.75 Å². The van der Waals surface area contributed by atoms with Gasteiger partial charge in [0.05, 0.1) is 31.1 Å². The Bertz CT molecular complexity index is 1550. The Kier molecular flexibility index (Phi) is 6.58. The monoisotopic (exact) mass is 573 g/mol. The van der Waals surface area contributed by atoms with E-state index in [2.05, 4.69) is 68.2 Å². The number of halogens is 1. The lowest BCUT2D eigenvalue weighted by Crippen LogP contribution is -2.49. The number of carboxylic acids is 1. The number of carbonyl (C=O) groups excluding carboxylic acids is 1. The van der Waals surface area contributed by atoms with Gasteiger partial charge in [0.1, 0.15) is 5.75 Å².